The van der Waals surface area contributed by atoms with Gasteiger partial charge >= 0.3 is 5.97 Å². The fraction of sp³-hybridized carbons (Fsp3) is 0.875. The molecule has 0 aromatic heterocycles. The zero-order chi connectivity index (χ0) is 18.8. The molecule has 0 aliphatic heterocycles. The zero-order valence-electron chi connectivity index (χ0n) is 15.2. The normalized spacial score (nSPS) is 12.1. The average Bonchev–Trinajstić information content (AvgIpc) is 2.58. The maximum absolute atomic E-state index is 11.6. The summed E-state index contributed by atoms with van der Waals surface area (Å²) in [6.07, 6.45) is 0.0369. The molecule has 0 saturated heterocycles. The number of nitrogens with one attached hydrogen (secondary N) is 1. The predicted octanol–water partition coefficient (Wildman–Crippen LogP) is 0.567. The van der Waals surface area contributed by atoms with Crippen molar-refractivity contribution >= 4 is 22.8 Å². The van der Waals surface area contributed by atoms with Gasteiger partial charge in [-0.1, -0.05) is 11.8 Å². The van der Waals surface area contributed by atoms with Crippen LogP contribution in [-0.2, 0) is 28.5 Å². The first kappa shape index (κ1) is 24.3. The van der Waals surface area contributed by atoms with Crippen LogP contribution in [0.15, 0.2) is 0 Å². The van der Waals surface area contributed by atoms with Gasteiger partial charge in [-0.15, -0.1) is 0 Å². The number of thioether (sulfide) groups is 1. The van der Waals surface area contributed by atoms with Gasteiger partial charge in [0.15, 0.2) is 5.12 Å². The standard InChI is InChI=1S/C16H31NO7S/c1-3-24-15(19)6-13-25-16(20)5-4-14(18)17-7-8-22-11-12-23-10-9-21-2/h14,17-18H,3-13H2,1-2H3. The second kappa shape index (κ2) is 18.1. The van der Waals surface area contributed by atoms with Gasteiger partial charge in [0.05, 0.1) is 46.1 Å². The van der Waals surface area contributed by atoms with E-state index in [4.69, 9.17) is 18.9 Å². The summed E-state index contributed by atoms with van der Waals surface area (Å²) < 4.78 is 20.2. The highest BCUT2D eigenvalue weighted by Crippen LogP contribution is 2.10. The highest BCUT2D eigenvalue weighted by molar-refractivity contribution is 8.13. The number of rotatable bonds is 17. The van der Waals surface area contributed by atoms with Crippen LogP contribution in [0.1, 0.15) is 26.2 Å². The number of ether oxygens (including phenoxy) is 4. The molecule has 8 nitrogen and oxygen atoms in total. The molecule has 25 heavy (non-hydrogen) atoms. The Morgan fingerprint density at radius 1 is 1.08 bits per heavy atom. The van der Waals surface area contributed by atoms with Crippen molar-refractivity contribution in [1.82, 2.24) is 5.32 Å². The zero-order valence-corrected chi connectivity index (χ0v) is 16.0. The Kier molecular flexibility index (Phi) is 17.6. The summed E-state index contributed by atoms with van der Waals surface area (Å²) in [5.74, 6) is 0.107. The first-order valence-electron chi connectivity index (χ1n) is 8.47. The molecule has 0 fully saturated rings. The molecule has 0 aliphatic carbocycles. The lowest BCUT2D eigenvalue weighted by atomic mass is 10.3. The molecule has 2 N–H and O–H groups in total. The summed E-state index contributed by atoms with van der Waals surface area (Å²) >= 11 is 1.09. The maximum Gasteiger partial charge on any atom is 0.306 e. The first-order valence-corrected chi connectivity index (χ1v) is 9.45. The lowest BCUT2D eigenvalue weighted by molar-refractivity contribution is -0.142. The van der Waals surface area contributed by atoms with Crippen molar-refractivity contribution in [1.29, 1.82) is 0 Å². The molecule has 0 aromatic carbocycles. The highest BCUT2D eigenvalue weighted by atomic mass is 32.2. The molecule has 0 heterocycles. The maximum atomic E-state index is 11.6. The number of methoxy groups -OCH3 is 1. The highest BCUT2D eigenvalue weighted by Gasteiger charge is 2.09. The number of aliphatic hydroxyl groups is 1. The number of esters is 1. The Morgan fingerprint density at radius 3 is 2.44 bits per heavy atom. The number of carbonyl (C=O) groups excluding carboxylic acids is 2. The minimum absolute atomic E-state index is 0.0467. The quantitative estimate of drug-likeness (QED) is 0.213. The van der Waals surface area contributed by atoms with Crippen molar-refractivity contribution < 1.29 is 33.6 Å². The van der Waals surface area contributed by atoms with Gasteiger partial charge < -0.3 is 24.1 Å². The van der Waals surface area contributed by atoms with Gasteiger partial charge in [-0.3, -0.25) is 14.9 Å². The fourth-order valence-corrected chi connectivity index (χ4v) is 2.43. The van der Waals surface area contributed by atoms with Gasteiger partial charge in [-0.05, 0) is 13.3 Å². The monoisotopic (exact) mass is 381 g/mol. The van der Waals surface area contributed by atoms with Crippen molar-refractivity contribution in [2.75, 3.05) is 59.0 Å². The smallest absolute Gasteiger partial charge is 0.306 e. The molecule has 0 saturated carbocycles. The van der Waals surface area contributed by atoms with Crippen LogP contribution in [0.3, 0.4) is 0 Å². The topological polar surface area (TPSA) is 103 Å². The molecule has 148 valence electrons. The van der Waals surface area contributed by atoms with Crippen LogP contribution in [0.25, 0.3) is 0 Å². The minimum Gasteiger partial charge on any atom is -0.466 e. The number of aliphatic hydroxyl groups excluding tert-OH is 1. The van der Waals surface area contributed by atoms with Crippen LogP contribution >= 0.6 is 11.8 Å². The van der Waals surface area contributed by atoms with Gasteiger partial charge in [0, 0.05) is 25.8 Å². The summed E-state index contributed by atoms with van der Waals surface area (Å²) in [4.78, 5) is 22.8. The first-order chi connectivity index (χ1) is 12.1. The van der Waals surface area contributed by atoms with E-state index in [9.17, 15) is 14.7 Å². The van der Waals surface area contributed by atoms with Gasteiger partial charge in [0.2, 0.25) is 0 Å². The van der Waals surface area contributed by atoms with E-state index in [1.807, 2.05) is 0 Å². The van der Waals surface area contributed by atoms with Crippen molar-refractivity contribution in [2.45, 2.75) is 32.4 Å². The second-order valence-corrected chi connectivity index (χ2v) is 6.15. The Bertz CT molecular complexity index is 344. The van der Waals surface area contributed by atoms with E-state index in [0.717, 1.165) is 11.8 Å². The number of carbonyl (C=O) groups is 2. The summed E-state index contributed by atoms with van der Waals surface area (Å²) in [5.41, 5.74) is 0. The SMILES string of the molecule is CCOC(=O)CCSC(=O)CCC(O)NCCOCCOCCOC. The average molecular weight is 381 g/mol. The van der Waals surface area contributed by atoms with Crippen molar-refractivity contribution in [3.63, 3.8) is 0 Å². The second-order valence-electron chi connectivity index (χ2n) is 5.00. The Hall–Kier alpha value is -0.710. The molecule has 0 amide bonds. The molecule has 1 atom stereocenters. The molecule has 0 radical (unpaired) electrons. The number of hydrogen-bond acceptors (Lipinski definition) is 9. The van der Waals surface area contributed by atoms with E-state index in [1.54, 1.807) is 14.0 Å². The van der Waals surface area contributed by atoms with E-state index < -0.39 is 6.23 Å². The van der Waals surface area contributed by atoms with Crippen LogP contribution in [-0.4, -0.2) is 81.5 Å². The van der Waals surface area contributed by atoms with Gasteiger partial charge in [0.25, 0.3) is 0 Å². The van der Waals surface area contributed by atoms with Crippen LogP contribution in [0.5, 0.6) is 0 Å². The lowest BCUT2D eigenvalue weighted by Gasteiger charge is -2.12. The Labute approximate surface area is 153 Å². The van der Waals surface area contributed by atoms with Crippen LogP contribution in [0.2, 0.25) is 0 Å². The van der Waals surface area contributed by atoms with Gasteiger partial charge in [-0.2, -0.15) is 0 Å². The Balaban J connectivity index is 3.41. The third kappa shape index (κ3) is 17.9. The van der Waals surface area contributed by atoms with Gasteiger partial charge in [-0.25, -0.2) is 0 Å². The van der Waals surface area contributed by atoms with Crippen LogP contribution < -0.4 is 5.32 Å². The third-order valence-corrected chi connectivity index (χ3v) is 3.86. The van der Waals surface area contributed by atoms with E-state index in [-0.39, 0.29) is 23.9 Å². The van der Waals surface area contributed by atoms with E-state index in [1.165, 1.54) is 0 Å². The van der Waals surface area contributed by atoms with Crippen LogP contribution in [0.4, 0.5) is 0 Å². The third-order valence-electron chi connectivity index (χ3n) is 2.93. The molecule has 0 rings (SSSR count). The molecule has 0 aromatic rings. The largest absolute Gasteiger partial charge is 0.466 e. The van der Waals surface area contributed by atoms with Crippen molar-refractivity contribution in [3.8, 4) is 0 Å². The summed E-state index contributed by atoms with van der Waals surface area (Å²) in [6, 6.07) is 0. The number of hydrogen-bond donors (Lipinski definition) is 2. The Morgan fingerprint density at radius 2 is 1.76 bits per heavy atom. The van der Waals surface area contributed by atoms with Crippen molar-refractivity contribution in [2.24, 2.45) is 0 Å². The summed E-state index contributed by atoms with van der Waals surface area (Å²) in [5, 5.41) is 12.6. The molecule has 1 unspecified atom stereocenters. The minimum atomic E-state index is -0.754. The molecule has 9 heteroatoms. The van der Waals surface area contributed by atoms with Crippen molar-refractivity contribution in [3.05, 3.63) is 0 Å². The predicted molar refractivity (Wildman–Crippen MR) is 95.5 cm³/mol. The van der Waals surface area contributed by atoms with Crippen LogP contribution in [0, 0.1) is 0 Å². The molecular formula is C16H31NO7S. The summed E-state index contributed by atoms with van der Waals surface area (Å²) in [7, 11) is 1.62. The molecule has 0 aliphatic rings. The van der Waals surface area contributed by atoms with E-state index in [2.05, 4.69) is 5.32 Å². The van der Waals surface area contributed by atoms with E-state index in [0.29, 0.717) is 58.4 Å². The van der Waals surface area contributed by atoms with E-state index >= 15 is 0 Å². The lowest BCUT2D eigenvalue weighted by Crippen LogP contribution is -2.32. The van der Waals surface area contributed by atoms with Gasteiger partial charge in [0.1, 0.15) is 6.23 Å². The fourth-order valence-electron chi connectivity index (χ4n) is 1.67. The molecule has 0 spiro atoms. The molecule has 0 bridgehead atoms. The molecular weight excluding hydrogens is 350 g/mol. The summed E-state index contributed by atoms with van der Waals surface area (Å²) in [6.45, 7) is 5.12.